The molecule has 4 heterocycles. The summed E-state index contributed by atoms with van der Waals surface area (Å²) in [6.45, 7) is 2.67. The molecule has 1 fully saturated rings. The highest BCUT2D eigenvalue weighted by Crippen LogP contribution is 2.30. The van der Waals surface area contributed by atoms with Gasteiger partial charge in [0.25, 0.3) is 5.89 Å². The third kappa shape index (κ3) is 3.59. The number of aromatic nitrogens is 6. The van der Waals surface area contributed by atoms with Crippen molar-refractivity contribution in [3.05, 3.63) is 41.8 Å². The van der Waals surface area contributed by atoms with Crippen molar-refractivity contribution in [2.24, 2.45) is 0 Å². The van der Waals surface area contributed by atoms with Gasteiger partial charge in [-0.2, -0.15) is 8.78 Å². The summed E-state index contributed by atoms with van der Waals surface area (Å²) < 4.78 is 31.6. The number of halogens is 2. The van der Waals surface area contributed by atoms with Gasteiger partial charge in [-0.05, 0) is 25.0 Å². The highest BCUT2D eigenvalue weighted by Gasteiger charge is 2.30. The van der Waals surface area contributed by atoms with Crippen LogP contribution in [0.5, 0.6) is 0 Å². The molecule has 0 aliphatic carbocycles. The summed E-state index contributed by atoms with van der Waals surface area (Å²) >= 11 is 0. The second kappa shape index (κ2) is 7.41. The first-order chi connectivity index (χ1) is 13.5. The van der Waals surface area contributed by atoms with E-state index in [-0.39, 0.29) is 17.8 Å². The minimum atomic E-state index is -2.81. The maximum absolute atomic E-state index is 12.5. The Balaban J connectivity index is 1.45. The summed E-state index contributed by atoms with van der Waals surface area (Å²) in [4.78, 5) is 17.8. The van der Waals surface area contributed by atoms with E-state index in [1.165, 1.54) is 6.20 Å². The number of amides is 1. The summed E-state index contributed by atoms with van der Waals surface area (Å²) in [5.41, 5.74) is 1.91. The van der Waals surface area contributed by atoms with Crippen LogP contribution in [0.3, 0.4) is 0 Å². The van der Waals surface area contributed by atoms with Gasteiger partial charge in [0.15, 0.2) is 0 Å². The van der Waals surface area contributed by atoms with Crippen molar-refractivity contribution < 1.29 is 18.0 Å². The van der Waals surface area contributed by atoms with Crippen LogP contribution in [0, 0.1) is 0 Å². The molecule has 3 aromatic heterocycles. The maximum atomic E-state index is 12.5. The van der Waals surface area contributed by atoms with E-state index in [1.807, 2.05) is 6.20 Å². The lowest BCUT2D eigenvalue weighted by atomic mass is 10.1. The number of hydrogen-bond acceptors (Lipinski definition) is 7. The van der Waals surface area contributed by atoms with Gasteiger partial charge in [-0.25, -0.2) is 4.68 Å². The molecule has 0 aromatic carbocycles. The minimum Gasteiger partial charge on any atom is -0.415 e. The van der Waals surface area contributed by atoms with E-state index in [0.717, 1.165) is 25.1 Å². The molecule has 11 heteroatoms. The predicted octanol–water partition coefficient (Wildman–Crippen LogP) is 2.39. The van der Waals surface area contributed by atoms with Crippen LogP contribution in [0.1, 0.15) is 49.5 Å². The highest BCUT2D eigenvalue weighted by molar-refractivity contribution is 5.74. The monoisotopic (exact) mass is 389 g/mol. The molecule has 0 saturated carbocycles. The van der Waals surface area contributed by atoms with Gasteiger partial charge >= 0.3 is 6.43 Å². The van der Waals surface area contributed by atoms with E-state index in [0.29, 0.717) is 17.8 Å². The standard InChI is InChI=1S/C17H17F2N7O2/c1-10(27)26-6-2-3-14(26)13-9-25(24-21-13)8-12-5-4-11(7-20-12)16-22-23-17(28-16)15(18)19/h4-5,7,9,14-15H,2-3,6,8H2,1H3. The largest absolute Gasteiger partial charge is 0.415 e. The Morgan fingerprint density at radius 2 is 2.18 bits per heavy atom. The van der Waals surface area contributed by atoms with Crippen LogP contribution in [0.15, 0.2) is 28.9 Å². The third-order valence-electron chi connectivity index (χ3n) is 4.58. The lowest BCUT2D eigenvalue weighted by molar-refractivity contribution is -0.129. The first kappa shape index (κ1) is 18.1. The fourth-order valence-electron chi connectivity index (χ4n) is 3.24. The SMILES string of the molecule is CC(=O)N1CCCC1c1cn(Cc2ccc(-c3nnc(C(F)F)o3)cn2)nn1. The maximum Gasteiger partial charge on any atom is 0.314 e. The molecule has 1 atom stereocenters. The molecule has 4 rings (SSSR count). The Morgan fingerprint density at radius 3 is 2.86 bits per heavy atom. The van der Waals surface area contributed by atoms with Crippen molar-refractivity contribution in [2.45, 2.75) is 38.8 Å². The van der Waals surface area contributed by atoms with Crippen LogP contribution >= 0.6 is 0 Å². The predicted molar refractivity (Wildman–Crippen MR) is 91.0 cm³/mol. The first-order valence-corrected chi connectivity index (χ1v) is 8.75. The zero-order valence-electron chi connectivity index (χ0n) is 15.0. The molecule has 1 aliphatic rings. The Bertz CT molecular complexity index is 970. The number of nitrogens with zero attached hydrogens (tertiary/aromatic N) is 7. The van der Waals surface area contributed by atoms with Crippen LogP contribution in [0.2, 0.25) is 0 Å². The average molecular weight is 389 g/mol. The van der Waals surface area contributed by atoms with E-state index in [9.17, 15) is 13.6 Å². The number of alkyl halides is 2. The Kier molecular flexibility index (Phi) is 4.80. The van der Waals surface area contributed by atoms with Crippen molar-refractivity contribution in [1.29, 1.82) is 0 Å². The van der Waals surface area contributed by atoms with Gasteiger partial charge in [-0.3, -0.25) is 9.78 Å². The smallest absolute Gasteiger partial charge is 0.314 e. The number of hydrogen-bond donors (Lipinski definition) is 0. The van der Waals surface area contributed by atoms with E-state index in [2.05, 4.69) is 25.5 Å². The van der Waals surface area contributed by atoms with Gasteiger partial charge in [0.1, 0.15) is 5.69 Å². The van der Waals surface area contributed by atoms with Crippen molar-refractivity contribution in [2.75, 3.05) is 6.54 Å². The van der Waals surface area contributed by atoms with Crippen molar-refractivity contribution in [3.8, 4) is 11.5 Å². The van der Waals surface area contributed by atoms with E-state index in [1.54, 1.807) is 28.6 Å². The fraction of sp³-hybridized carbons (Fsp3) is 0.412. The topological polar surface area (TPSA) is 103 Å². The molecule has 0 bridgehead atoms. The molecule has 1 aliphatic heterocycles. The number of rotatable bonds is 5. The first-order valence-electron chi connectivity index (χ1n) is 8.75. The van der Waals surface area contributed by atoms with Gasteiger partial charge in [-0.15, -0.1) is 15.3 Å². The Hall–Kier alpha value is -3.24. The second-order valence-electron chi connectivity index (χ2n) is 6.50. The summed E-state index contributed by atoms with van der Waals surface area (Å²) in [7, 11) is 0. The lowest BCUT2D eigenvalue weighted by Crippen LogP contribution is -2.28. The molecule has 0 N–H and O–H groups in total. The third-order valence-corrected chi connectivity index (χ3v) is 4.58. The molecule has 9 nitrogen and oxygen atoms in total. The van der Waals surface area contributed by atoms with Gasteiger partial charge < -0.3 is 9.32 Å². The molecule has 0 radical (unpaired) electrons. The zero-order valence-corrected chi connectivity index (χ0v) is 15.0. The number of likely N-dealkylation sites (tertiary alicyclic amines) is 1. The summed E-state index contributed by atoms with van der Waals surface area (Å²) in [5.74, 6) is -0.700. The van der Waals surface area contributed by atoms with E-state index < -0.39 is 12.3 Å². The van der Waals surface area contributed by atoms with Gasteiger partial charge in [0.2, 0.25) is 11.8 Å². The normalized spacial score (nSPS) is 16.9. The van der Waals surface area contributed by atoms with Crippen LogP contribution in [-0.2, 0) is 11.3 Å². The zero-order chi connectivity index (χ0) is 19.7. The molecule has 146 valence electrons. The van der Waals surface area contributed by atoms with Crippen LogP contribution in [0.25, 0.3) is 11.5 Å². The molecule has 1 saturated heterocycles. The van der Waals surface area contributed by atoms with Gasteiger partial charge in [0.05, 0.1) is 30.0 Å². The summed E-state index contributed by atoms with van der Waals surface area (Å²) in [6, 6.07) is 3.35. The Labute approximate surface area is 158 Å². The molecule has 3 aromatic rings. The van der Waals surface area contributed by atoms with Crippen molar-refractivity contribution in [1.82, 2.24) is 35.1 Å². The lowest BCUT2D eigenvalue weighted by Gasteiger charge is -2.20. The molecule has 0 spiro atoms. The second-order valence-corrected chi connectivity index (χ2v) is 6.50. The number of carbonyl (C=O) groups excluding carboxylic acids is 1. The number of carbonyl (C=O) groups is 1. The van der Waals surface area contributed by atoms with E-state index in [4.69, 9.17) is 4.42 Å². The molecule has 28 heavy (non-hydrogen) atoms. The van der Waals surface area contributed by atoms with Gasteiger partial charge in [-0.1, -0.05) is 5.21 Å². The van der Waals surface area contributed by atoms with Gasteiger partial charge in [0, 0.05) is 19.7 Å². The quantitative estimate of drug-likeness (QED) is 0.660. The van der Waals surface area contributed by atoms with Crippen molar-refractivity contribution in [3.63, 3.8) is 0 Å². The molecular formula is C17H17F2N7O2. The summed E-state index contributed by atoms with van der Waals surface area (Å²) in [5, 5.41) is 15.2. The van der Waals surface area contributed by atoms with Crippen molar-refractivity contribution >= 4 is 5.91 Å². The Morgan fingerprint density at radius 1 is 1.32 bits per heavy atom. The number of pyridine rings is 1. The van der Waals surface area contributed by atoms with Crippen LogP contribution in [-0.4, -0.2) is 47.5 Å². The molecule has 1 amide bonds. The van der Waals surface area contributed by atoms with Crippen LogP contribution < -0.4 is 0 Å². The highest BCUT2D eigenvalue weighted by atomic mass is 19.3. The fourth-order valence-corrected chi connectivity index (χ4v) is 3.24. The van der Waals surface area contributed by atoms with E-state index >= 15 is 0 Å². The van der Waals surface area contributed by atoms with Crippen LogP contribution in [0.4, 0.5) is 8.78 Å². The minimum absolute atomic E-state index is 0.0112. The molecular weight excluding hydrogens is 372 g/mol. The summed E-state index contributed by atoms with van der Waals surface area (Å²) in [6.07, 6.45) is 2.30. The average Bonchev–Trinajstić information content (AvgIpc) is 3.42. The molecule has 1 unspecified atom stereocenters.